The van der Waals surface area contributed by atoms with E-state index in [-0.39, 0.29) is 5.91 Å². The van der Waals surface area contributed by atoms with Crippen molar-refractivity contribution in [3.05, 3.63) is 24.3 Å². The molecule has 1 saturated heterocycles. The second kappa shape index (κ2) is 4.68. The van der Waals surface area contributed by atoms with Crippen LogP contribution in [0.3, 0.4) is 0 Å². The molecular formula is C11H14N2OS. The number of amides is 1. The molecule has 1 aliphatic heterocycles. The van der Waals surface area contributed by atoms with Gasteiger partial charge in [0, 0.05) is 23.7 Å². The van der Waals surface area contributed by atoms with Gasteiger partial charge in [0.05, 0.1) is 6.54 Å². The van der Waals surface area contributed by atoms with E-state index in [2.05, 4.69) is 17.4 Å². The first-order chi connectivity index (χ1) is 7.31. The molecule has 0 radical (unpaired) electrons. The monoisotopic (exact) mass is 222 g/mol. The van der Waals surface area contributed by atoms with Gasteiger partial charge in [-0.25, -0.2) is 0 Å². The predicted molar refractivity (Wildman–Crippen MR) is 63.4 cm³/mol. The normalized spacial score (nSPS) is 16.9. The number of benzene rings is 1. The molecule has 80 valence electrons. The average Bonchev–Trinajstić information content (AvgIpc) is 2.30. The molecule has 0 bridgehead atoms. The van der Waals surface area contributed by atoms with E-state index in [0.717, 1.165) is 18.8 Å². The van der Waals surface area contributed by atoms with Gasteiger partial charge in [0.2, 0.25) is 5.91 Å². The summed E-state index contributed by atoms with van der Waals surface area (Å²) < 4.78 is 0. The fourth-order valence-corrected chi connectivity index (χ4v) is 2.05. The van der Waals surface area contributed by atoms with Crippen LogP contribution in [0.5, 0.6) is 0 Å². The maximum Gasteiger partial charge on any atom is 0.240 e. The molecule has 1 aromatic carbocycles. The van der Waals surface area contributed by atoms with E-state index in [4.69, 9.17) is 0 Å². The quantitative estimate of drug-likeness (QED) is 0.767. The van der Waals surface area contributed by atoms with Crippen LogP contribution in [0.1, 0.15) is 0 Å². The number of rotatable bonds is 2. The highest BCUT2D eigenvalue weighted by Gasteiger charge is 2.18. The number of carbonyl (C=O) groups excluding carboxylic acids is 1. The van der Waals surface area contributed by atoms with E-state index < -0.39 is 0 Å². The Morgan fingerprint density at radius 1 is 1.33 bits per heavy atom. The molecular weight excluding hydrogens is 208 g/mol. The van der Waals surface area contributed by atoms with Crippen molar-refractivity contribution in [3.8, 4) is 0 Å². The number of piperazine rings is 1. The van der Waals surface area contributed by atoms with Crippen molar-refractivity contribution >= 4 is 23.4 Å². The van der Waals surface area contributed by atoms with Crippen molar-refractivity contribution < 1.29 is 4.79 Å². The highest BCUT2D eigenvalue weighted by atomic mass is 32.2. The molecule has 0 unspecified atom stereocenters. The smallest absolute Gasteiger partial charge is 0.240 e. The Balaban J connectivity index is 2.17. The van der Waals surface area contributed by atoms with Gasteiger partial charge in [0.25, 0.3) is 0 Å². The van der Waals surface area contributed by atoms with Crippen LogP contribution in [0.4, 0.5) is 5.69 Å². The Morgan fingerprint density at radius 2 is 2.07 bits per heavy atom. The molecule has 0 aromatic heterocycles. The van der Waals surface area contributed by atoms with E-state index in [1.807, 2.05) is 23.3 Å². The molecule has 1 fully saturated rings. The lowest BCUT2D eigenvalue weighted by atomic mass is 10.2. The average molecular weight is 222 g/mol. The number of anilines is 1. The van der Waals surface area contributed by atoms with Crippen LogP contribution in [-0.4, -0.2) is 31.8 Å². The van der Waals surface area contributed by atoms with Crippen molar-refractivity contribution in [3.63, 3.8) is 0 Å². The summed E-state index contributed by atoms with van der Waals surface area (Å²) in [5.74, 6) is 0.151. The minimum absolute atomic E-state index is 0.151. The largest absolute Gasteiger partial charge is 0.310 e. The molecule has 2 rings (SSSR count). The fourth-order valence-electron chi connectivity index (χ4n) is 1.64. The molecule has 0 saturated carbocycles. The first kappa shape index (κ1) is 10.5. The summed E-state index contributed by atoms with van der Waals surface area (Å²) in [5, 5.41) is 3.06. The number of hydrogen-bond donors (Lipinski definition) is 1. The Bertz CT molecular complexity index is 350. The summed E-state index contributed by atoms with van der Waals surface area (Å²) >= 11 is 1.71. The van der Waals surface area contributed by atoms with Gasteiger partial charge in [-0.05, 0) is 30.5 Å². The molecule has 4 heteroatoms. The molecule has 15 heavy (non-hydrogen) atoms. The number of nitrogens with one attached hydrogen (secondary N) is 1. The Kier molecular flexibility index (Phi) is 3.28. The van der Waals surface area contributed by atoms with Crippen molar-refractivity contribution in [1.29, 1.82) is 0 Å². The first-order valence-electron chi connectivity index (χ1n) is 4.96. The molecule has 1 aliphatic rings. The van der Waals surface area contributed by atoms with Crippen LogP contribution in [-0.2, 0) is 4.79 Å². The third-order valence-electron chi connectivity index (χ3n) is 2.47. The van der Waals surface area contributed by atoms with Gasteiger partial charge < -0.3 is 10.2 Å². The zero-order chi connectivity index (χ0) is 10.7. The van der Waals surface area contributed by atoms with E-state index in [1.165, 1.54) is 4.90 Å². The van der Waals surface area contributed by atoms with Crippen LogP contribution in [0.25, 0.3) is 0 Å². The van der Waals surface area contributed by atoms with Crippen molar-refractivity contribution in [1.82, 2.24) is 5.32 Å². The highest BCUT2D eigenvalue weighted by Crippen LogP contribution is 2.20. The third-order valence-corrected chi connectivity index (χ3v) is 3.22. The number of hydrogen-bond acceptors (Lipinski definition) is 3. The number of thioether (sulfide) groups is 1. The lowest BCUT2D eigenvalue weighted by Crippen LogP contribution is -2.48. The second-order valence-electron chi connectivity index (χ2n) is 3.42. The van der Waals surface area contributed by atoms with Gasteiger partial charge in [-0.1, -0.05) is 0 Å². The third kappa shape index (κ3) is 2.33. The van der Waals surface area contributed by atoms with Crippen molar-refractivity contribution in [2.45, 2.75) is 4.90 Å². The van der Waals surface area contributed by atoms with E-state index in [9.17, 15) is 4.79 Å². The van der Waals surface area contributed by atoms with E-state index >= 15 is 0 Å². The zero-order valence-corrected chi connectivity index (χ0v) is 9.51. The molecule has 0 atom stereocenters. The number of nitrogens with zero attached hydrogens (tertiary/aromatic N) is 1. The molecule has 0 spiro atoms. The Hall–Kier alpha value is -1.00. The minimum atomic E-state index is 0.151. The predicted octanol–water partition coefficient (Wildman–Crippen LogP) is 1.34. The lowest BCUT2D eigenvalue weighted by Gasteiger charge is -2.27. The Morgan fingerprint density at radius 3 is 2.67 bits per heavy atom. The maximum absolute atomic E-state index is 11.6. The van der Waals surface area contributed by atoms with Gasteiger partial charge in [0.1, 0.15) is 0 Å². The molecule has 1 N–H and O–H groups in total. The molecule has 0 aliphatic carbocycles. The second-order valence-corrected chi connectivity index (χ2v) is 4.30. The molecule has 3 nitrogen and oxygen atoms in total. The molecule has 1 amide bonds. The minimum Gasteiger partial charge on any atom is -0.310 e. The summed E-state index contributed by atoms with van der Waals surface area (Å²) in [7, 11) is 0. The van der Waals surface area contributed by atoms with Crippen molar-refractivity contribution in [2.75, 3.05) is 30.8 Å². The first-order valence-corrected chi connectivity index (χ1v) is 6.19. The van der Waals surface area contributed by atoms with Crippen LogP contribution < -0.4 is 10.2 Å². The lowest BCUT2D eigenvalue weighted by molar-refractivity contribution is -0.118. The standard InChI is InChI=1S/C11H14N2OS/c1-15-10-4-2-9(3-5-10)13-7-6-12-8-11(13)14/h2-5,12H,6-8H2,1H3. The topological polar surface area (TPSA) is 32.3 Å². The van der Waals surface area contributed by atoms with E-state index in [1.54, 1.807) is 11.8 Å². The zero-order valence-electron chi connectivity index (χ0n) is 8.69. The van der Waals surface area contributed by atoms with Gasteiger partial charge >= 0.3 is 0 Å². The molecule has 1 heterocycles. The summed E-state index contributed by atoms with van der Waals surface area (Å²) in [6, 6.07) is 8.12. The summed E-state index contributed by atoms with van der Waals surface area (Å²) in [5.41, 5.74) is 0.999. The van der Waals surface area contributed by atoms with Crippen LogP contribution >= 0.6 is 11.8 Å². The summed E-state index contributed by atoms with van der Waals surface area (Å²) in [6.07, 6.45) is 2.05. The van der Waals surface area contributed by atoms with Crippen molar-refractivity contribution in [2.24, 2.45) is 0 Å². The van der Waals surface area contributed by atoms with Gasteiger partial charge in [0.15, 0.2) is 0 Å². The fraction of sp³-hybridized carbons (Fsp3) is 0.364. The Labute approximate surface area is 93.8 Å². The van der Waals surface area contributed by atoms with Gasteiger partial charge in [-0.15, -0.1) is 11.8 Å². The van der Waals surface area contributed by atoms with Crippen LogP contribution in [0.2, 0.25) is 0 Å². The summed E-state index contributed by atoms with van der Waals surface area (Å²) in [4.78, 5) is 14.7. The maximum atomic E-state index is 11.6. The van der Waals surface area contributed by atoms with Crippen LogP contribution in [0, 0.1) is 0 Å². The van der Waals surface area contributed by atoms with E-state index in [0.29, 0.717) is 6.54 Å². The molecule has 1 aromatic rings. The van der Waals surface area contributed by atoms with Gasteiger partial charge in [-0.3, -0.25) is 4.79 Å². The highest BCUT2D eigenvalue weighted by molar-refractivity contribution is 7.98. The van der Waals surface area contributed by atoms with Gasteiger partial charge in [-0.2, -0.15) is 0 Å². The summed E-state index contributed by atoms with van der Waals surface area (Å²) in [6.45, 7) is 2.08. The SMILES string of the molecule is CSc1ccc(N2CCNCC2=O)cc1. The van der Waals surface area contributed by atoms with Crippen LogP contribution in [0.15, 0.2) is 29.2 Å². The number of carbonyl (C=O) groups is 1.